The molecule has 1 unspecified atom stereocenters. The molecule has 4 heteroatoms. The highest BCUT2D eigenvalue weighted by Gasteiger charge is 2.32. The van der Waals surface area contributed by atoms with Crippen LogP contribution in [0.3, 0.4) is 0 Å². The number of primary amides is 1. The number of phenolic OH excluding ortho intramolecular Hbond substituents is 1. The van der Waals surface area contributed by atoms with Crippen LogP contribution in [-0.2, 0) is 4.79 Å². The van der Waals surface area contributed by atoms with E-state index in [0.717, 1.165) is 6.42 Å². The Hall–Kier alpha value is -1.71. The molecule has 0 aliphatic carbocycles. The monoisotopic (exact) mass is 223 g/mol. The van der Waals surface area contributed by atoms with E-state index in [1.165, 1.54) is 12.1 Å². The summed E-state index contributed by atoms with van der Waals surface area (Å²) >= 11 is 0. The third-order valence-corrected chi connectivity index (χ3v) is 2.41. The molecular weight excluding hydrogens is 206 g/mol. The Bertz CT molecular complexity index is 378. The van der Waals surface area contributed by atoms with E-state index in [2.05, 4.69) is 0 Å². The van der Waals surface area contributed by atoms with E-state index < -0.39 is 11.5 Å². The lowest BCUT2D eigenvalue weighted by atomic mass is 9.99. The Labute approximate surface area is 95.0 Å². The Kier molecular flexibility index (Phi) is 3.77. The van der Waals surface area contributed by atoms with Crippen molar-refractivity contribution < 1.29 is 14.6 Å². The van der Waals surface area contributed by atoms with Gasteiger partial charge in [0.1, 0.15) is 11.5 Å². The Morgan fingerprint density at radius 1 is 1.56 bits per heavy atom. The number of hydrogen-bond donors (Lipinski definition) is 2. The molecule has 0 radical (unpaired) electrons. The van der Waals surface area contributed by atoms with Crippen LogP contribution >= 0.6 is 0 Å². The Morgan fingerprint density at radius 3 is 2.75 bits per heavy atom. The van der Waals surface area contributed by atoms with Crippen LogP contribution in [0.15, 0.2) is 24.3 Å². The van der Waals surface area contributed by atoms with Crippen LogP contribution in [-0.4, -0.2) is 16.6 Å². The van der Waals surface area contributed by atoms with E-state index in [1.54, 1.807) is 19.1 Å². The third-order valence-electron chi connectivity index (χ3n) is 2.41. The first-order valence-corrected chi connectivity index (χ1v) is 5.26. The van der Waals surface area contributed by atoms with Crippen molar-refractivity contribution in [3.63, 3.8) is 0 Å². The molecule has 1 aromatic carbocycles. The number of carbonyl (C=O) groups excluding carboxylic acids is 1. The zero-order valence-electron chi connectivity index (χ0n) is 9.56. The molecule has 0 fully saturated rings. The molecule has 1 amide bonds. The average Bonchev–Trinajstić information content (AvgIpc) is 2.17. The molecule has 1 aromatic rings. The lowest BCUT2D eigenvalue weighted by molar-refractivity contribution is -0.132. The minimum Gasteiger partial charge on any atom is -0.508 e. The highest BCUT2D eigenvalue weighted by molar-refractivity contribution is 5.83. The van der Waals surface area contributed by atoms with Crippen molar-refractivity contribution in [1.82, 2.24) is 0 Å². The van der Waals surface area contributed by atoms with E-state index >= 15 is 0 Å². The maximum Gasteiger partial charge on any atom is 0.261 e. The first-order chi connectivity index (χ1) is 7.48. The fraction of sp³-hybridized carbons (Fsp3) is 0.417. The molecule has 0 aliphatic rings. The van der Waals surface area contributed by atoms with Gasteiger partial charge in [-0.15, -0.1) is 0 Å². The van der Waals surface area contributed by atoms with Gasteiger partial charge >= 0.3 is 0 Å². The van der Waals surface area contributed by atoms with Crippen molar-refractivity contribution in [3.05, 3.63) is 24.3 Å². The third kappa shape index (κ3) is 2.89. The summed E-state index contributed by atoms with van der Waals surface area (Å²) in [5, 5.41) is 9.28. The van der Waals surface area contributed by atoms with Crippen molar-refractivity contribution >= 4 is 5.91 Å². The summed E-state index contributed by atoms with van der Waals surface area (Å²) < 4.78 is 5.55. The predicted molar refractivity (Wildman–Crippen MR) is 61.2 cm³/mol. The van der Waals surface area contributed by atoms with Crippen molar-refractivity contribution in [2.75, 3.05) is 0 Å². The highest BCUT2D eigenvalue weighted by atomic mass is 16.5. The molecule has 0 aliphatic heterocycles. The molecule has 0 saturated heterocycles. The topological polar surface area (TPSA) is 72.6 Å². The van der Waals surface area contributed by atoms with Crippen LogP contribution in [0.2, 0.25) is 0 Å². The van der Waals surface area contributed by atoms with Gasteiger partial charge in [0.05, 0.1) is 0 Å². The van der Waals surface area contributed by atoms with Gasteiger partial charge in [-0.05, 0) is 25.5 Å². The molecule has 0 aromatic heterocycles. The number of nitrogens with two attached hydrogens (primary N) is 1. The molecule has 0 bridgehead atoms. The lowest BCUT2D eigenvalue weighted by Crippen LogP contribution is -2.46. The summed E-state index contributed by atoms with van der Waals surface area (Å²) in [6.45, 7) is 3.61. The quantitative estimate of drug-likeness (QED) is 0.799. The number of phenols is 1. The van der Waals surface area contributed by atoms with Gasteiger partial charge in [0, 0.05) is 6.07 Å². The molecule has 16 heavy (non-hydrogen) atoms. The van der Waals surface area contributed by atoms with Crippen molar-refractivity contribution in [3.8, 4) is 11.5 Å². The summed E-state index contributed by atoms with van der Waals surface area (Å²) in [6, 6.07) is 6.32. The average molecular weight is 223 g/mol. The lowest BCUT2D eigenvalue weighted by Gasteiger charge is -2.27. The molecular formula is C12H17NO3. The maximum absolute atomic E-state index is 11.3. The van der Waals surface area contributed by atoms with Gasteiger partial charge in [0.15, 0.2) is 5.60 Å². The van der Waals surface area contributed by atoms with Gasteiger partial charge < -0.3 is 15.6 Å². The summed E-state index contributed by atoms with van der Waals surface area (Å²) in [5.74, 6) is 0.0354. The molecule has 4 nitrogen and oxygen atoms in total. The van der Waals surface area contributed by atoms with E-state index in [1.807, 2.05) is 6.92 Å². The second-order valence-corrected chi connectivity index (χ2v) is 3.94. The Balaban J connectivity index is 2.87. The first-order valence-electron chi connectivity index (χ1n) is 5.26. The zero-order chi connectivity index (χ0) is 12.2. The second kappa shape index (κ2) is 4.88. The summed E-state index contributed by atoms with van der Waals surface area (Å²) in [4.78, 5) is 11.3. The van der Waals surface area contributed by atoms with Gasteiger partial charge in [0.25, 0.3) is 5.91 Å². The summed E-state index contributed by atoms with van der Waals surface area (Å²) in [6.07, 6.45) is 1.33. The minimum absolute atomic E-state index is 0.0980. The number of rotatable bonds is 5. The van der Waals surface area contributed by atoms with Crippen molar-refractivity contribution in [2.24, 2.45) is 5.73 Å². The highest BCUT2D eigenvalue weighted by Crippen LogP contribution is 2.25. The molecule has 0 saturated carbocycles. The SMILES string of the molecule is CCCC(C)(Oc1cccc(O)c1)C(N)=O. The van der Waals surface area contributed by atoms with Gasteiger partial charge in [0.2, 0.25) is 0 Å². The zero-order valence-corrected chi connectivity index (χ0v) is 9.56. The molecule has 1 rings (SSSR count). The van der Waals surface area contributed by atoms with Crippen molar-refractivity contribution in [2.45, 2.75) is 32.3 Å². The summed E-state index contributed by atoms with van der Waals surface area (Å²) in [7, 11) is 0. The minimum atomic E-state index is -1.03. The van der Waals surface area contributed by atoms with Gasteiger partial charge in [-0.3, -0.25) is 4.79 Å². The molecule has 0 spiro atoms. The second-order valence-electron chi connectivity index (χ2n) is 3.94. The normalized spacial score (nSPS) is 14.1. The van der Waals surface area contributed by atoms with E-state index in [-0.39, 0.29) is 5.75 Å². The van der Waals surface area contributed by atoms with Gasteiger partial charge in [-0.1, -0.05) is 19.4 Å². The van der Waals surface area contributed by atoms with Gasteiger partial charge in [-0.2, -0.15) is 0 Å². The largest absolute Gasteiger partial charge is 0.508 e. The molecule has 1 atom stereocenters. The summed E-state index contributed by atoms with van der Waals surface area (Å²) in [5.41, 5.74) is 4.29. The fourth-order valence-electron chi connectivity index (χ4n) is 1.51. The Morgan fingerprint density at radius 2 is 2.25 bits per heavy atom. The van der Waals surface area contributed by atoms with Crippen molar-refractivity contribution in [1.29, 1.82) is 0 Å². The number of benzene rings is 1. The standard InChI is InChI=1S/C12H17NO3/c1-3-7-12(2,11(13)15)16-10-6-4-5-9(14)8-10/h4-6,8,14H,3,7H2,1-2H3,(H2,13,15). The van der Waals surface area contributed by atoms with E-state index in [0.29, 0.717) is 12.2 Å². The molecule has 0 heterocycles. The maximum atomic E-state index is 11.3. The van der Waals surface area contributed by atoms with E-state index in [9.17, 15) is 9.90 Å². The van der Waals surface area contributed by atoms with Crippen LogP contribution in [0.1, 0.15) is 26.7 Å². The number of carbonyl (C=O) groups is 1. The fourth-order valence-corrected chi connectivity index (χ4v) is 1.51. The van der Waals surface area contributed by atoms with Crippen LogP contribution < -0.4 is 10.5 Å². The molecule has 3 N–H and O–H groups in total. The van der Waals surface area contributed by atoms with Crippen LogP contribution in [0.4, 0.5) is 0 Å². The number of aromatic hydroxyl groups is 1. The van der Waals surface area contributed by atoms with Crippen LogP contribution in [0, 0.1) is 0 Å². The number of hydrogen-bond acceptors (Lipinski definition) is 3. The first kappa shape index (κ1) is 12.4. The predicted octanol–water partition coefficient (Wildman–Crippen LogP) is 1.82. The molecule has 88 valence electrons. The van der Waals surface area contributed by atoms with Crippen LogP contribution in [0.25, 0.3) is 0 Å². The van der Waals surface area contributed by atoms with Crippen LogP contribution in [0.5, 0.6) is 11.5 Å². The number of amides is 1. The van der Waals surface area contributed by atoms with E-state index in [4.69, 9.17) is 10.5 Å². The number of ether oxygens (including phenoxy) is 1. The van der Waals surface area contributed by atoms with Gasteiger partial charge in [-0.25, -0.2) is 0 Å². The smallest absolute Gasteiger partial charge is 0.261 e.